The fraction of sp³-hybridized carbons (Fsp3) is 0.143. The molecule has 0 saturated heterocycles. The van der Waals surface area contributed by atoms with Crippen LogP contribution in [0.3, 0.4) is 0 Å². The maximum atomic E-state index is 13.6. The number of furan rings is 1. The summed E-state index contributed by atoms with van der Waals surface area (Å²) in [6.45, 7) is 1.62. The van der Waals surface area contributed by atoms with Crippen LogP contribution in [0.2, 0.25) is 5.02 Å². The second-order valence-corrected chi connectivity index (χ2v) is 9.49. The number of benzene rings is 3. The minimum Gasteiger partial charge on any atom is -0.496 e. The van der Waals surface area contributed by atoms with Gasteiger partial charge in [-0.15, -0.1) is 0 Å². The molecule has 0 spiro atoms. The van der Waals surface area contributed by atoms with E-state index in [0.29, 0.717) is 48.8 Å². The zero-order valence-corrected chi connectivity index (χ0v) is 23.2. The SMILES string of the molecule is CCOC(=O)COc1c(Br)cc(Cl)cc1C=Nn1c(-c2cc3c(OC)cccc3o2)nc2ccccc2c1=O. The second kappa shape index (κ2) is 11.3. The summed E-state index contributed by atoms with van der Waals surface area (Å²) in [6.07, 6.45) is 1.40. The van der Waals surface area contributed by atoms with E-state index in [4.69, 9.17) is 35.2 Å². The van der Waals surface area contributed by atoms with Gasteiger partial charge in [-0.3, -0.25) is 4.79 Å². The van der Waals surface area contributed by atoms with Crippen molar-refractivity contribution in [2.45, 2.75) is 6.92 Å². The molecule has 0 radical (unpaired) electrons. The van der Waals surface area contributed by atoms with E-state index in [-0.39, 0.29) is 19.0 Å². The van der Waals surface area contributed by atoms with Gasteiger partial charge in [0, 0.05) is 10.6 Å². The summed E-state index contributed by atoms with van der Waals surface area (Å²) in [4.78, 5) is 30.2. The molecule has 0 aliphatic carbocycles. The van der Waals surface area contributed by atoms with Gasteiger partial charge in [0.25, 0.3) is 5.56 Å². The summed E-state index contributed by atoms with van der Waals surface area (Å²) in [6, 6.07) is 17.4. The van der Waals surface area contributed by atoms with Crippen LogP contribution >= 0.6 is 27.5 Å². The average Bonchev–Trinajstić information content (AvgIpc) is 3.36. The molecule has 0 atom stereocenters. The second-order valence-electron chi connectivity index (χ2n) is 8.20. The molecule has 0 bridgehead atoms. The molecule has 0 fully saturated rings. The van der Waals surface area contributed by atoms with Crippen molar-refractivity contribution in [3.63, 3.8) is 0 Å². The molecular formula is C28H21BrClN3O6. The molecule has 9 nitrogen and oxygen atoms in total. The summed E-state index contributed by atoms with van der Waals surface area (Å²) in [5.41, 5.74) is 1.06. The number of ether oxygens (including phenoxy) is 3. The molecule has 0 saturated carbocycles. The number of aromatic nitrogens is 2. The molecule has 0 N–H and O–H groups in total. The van der Waals surface area contributed by atoms with Gasteiger partial charge in [-0.25, -0.2) is 9.78 Å². The third kappa shape index (κ3) is 5.39. The van der Waals surface area contributed by atoms with E-state index < -0.39 is 11.5 Å². The van der Waals surface area contributed by atoms with Crippen LogP contribution in [0.1, 0.15) is 12.5 Å². The Morgan fingerprint density at radius 3 is 2.77 bits per heavy atom. The molecule has 11 heteroatoms. The van der Waals surface area contributed by atoms with Crippen molar-refractivity contribution in [2.75, 3.05) is 20.3 Å². The molecule has 2 aromatic heterocycles. The summed E-state index contributed by atoms with van der Waals surface area (Å²) in [7, 11) is 1.57. The maximum Gasteiger partial charge on any atom is 0.344 e. The molecule has 0 amide bonds. The van der Waals surface area contributed by atoms with Gasteiger partial charge in [-0.1, -0.05) is 29.8 Å². The Kier molecular flexibility index (Phi) is 7.67. The summed E-state index contributed by atoms with van der Waals surface area (Å²) in [5.74, 6) is 0.893. The standard InChI is InChI=1S/C28H21BrClN3O6/c1-3-37-25(34)15-38-26-16(11-17(30)12-20(26)29)14-31-33-27(32-21-8-5-4-7-18(21)28(33)35)24-13-19-22(36-2)9-6-10-23(19)39-24/h4-14H,3,15H2,1-2H3. The highest BCUT2D eigenvalue weighted by Crippen LogP contribution is 2.34. The molecule has 2 heterocycles. The first-order valence-electron chi connectivity index (χ1n) is 11.8. The van der Waals surface area contributed by atoms with Crippen molar-refractivity contribution >= 4 is 61.6 Å². The van der Waals surface area contributed by atoms with Gasteiger partial charge < -0.3 is 18.6 Å². The van der Waals surface area contributed by atoms with Crippen molar-refractivity contribution in [3.8, 4) is 23.1 Å². The Labute approximate surface area is 235 Å². The van der Waals surface area contributed by atoms with Gasteiger partial charge in [0.2, 0.25) is 5.82 Å². The fourth-order valence-corrected chi connectivity index (χ4v) is 4.94. The normalized spacial score (nSPS) is 11.4. The minimum absolute atomic E-state index is 0.184. The number of rotatable bonds is 8. The maximum absolute atomic E-state index is 13.6. The first kappa shape index (κ1) is 26.5. The van der Waals surface area contributed by atoms with E-state index in [0.717, 1.165) is 10.1 Å². The Bertz CT molecular complexity index is 1800. The number of nitrogens with zero attached hydrogens (tertiary/aromatic N) is 3. The van der Waals surface area contributed by atoms with Crippen LogP contribution < -0.4 is 15.0 Å². The zero-order valence-electron chi connectivity index (χ0n) is 20.8. The van der Waals surface area contributed by atoms with Crippen LogP contribution in [0.5, 0.6) is 11.5 Å². The lowest BCUT2D eigenvalue weighted by Gasteiger charge is -2.12. The molecule has 5 aromatic rings. The molecule has 39 heavy (non-hydrogen) atoms. The van der Waals surface area contributed by atoms with Crippen LogP contribution in [0.25, 0.3) is 33.5 Å². The predicted molar refractivity (Wildman–Crippen MR) is 152 cm³/mol. The highest BCUT2D eigenvalue weighted by atomic mass is 79.9. The van der Waals surface area contributed by atoms with Crippen molar-refractivity contribution in [1.29, 1.82) is 0 Å². The molecule has 0 aliphatic rings. The van der Waals surface area contributed by atoms with Crippen molar-refractivity contribution in [3.05, 3.63) is 86.1 Å². The monoisotopic (exact) mass is 609 g/mol. The van der Waals surface area contributed by atoms with E-state index in [9.17, 15) is 9.59 Å². The smallest absolute Gasteiger partial charge is 0.344 e. The zero-order chi connectivity index (χ0) is 27.5. The highest BCUT2D eigenvalue weighted by Gasteiger charge is 2.18. The van der Waals surface area contributed by atoms with Gasteiger partial charge in [0.15, 0.2) is 12.4 Å². The number of carbonyl (C=O) groups is 1. The van der Waals surface area contributed by atoms with E-state index in [1.165, 1.54) is 6.21 Å². The van der Waals surface area contributed by atoms with E-state index >= 15 is 0 Å². The molecule has 0 unspecified atom stereocenters. The van der Waals surface area contributed by atoms with Crippen LogP contribution in [-0.4, -0.2) is 42.2 Å². The predicted octanol–water partition coefficient (Wildman–Crippen LogP) is 6.06. The van der Waals surface area contributed by atoms with Crippen LogP contribution in [0.15, 0.2) is 79.4 Å². The minimum atomic E-state index is -0.528. The Balaban J connectivity index is 1.65. The number of hydrogen-bond acceptors (Lipinski definition) is 8. The largest absolute Gasteiger partial charge is 0.496 e. The Morgan fingerprint density at radius 1 is 1.15 bits per heavy atom. The van der Waals surface area contributed by atoms with E-state index in [1.807, 2.05) is 12.1 Å². The van der Waals surface area contributed by atoms with Gasteiger partial charge in [0.05, 0.1) is 40.7 Å². The quantitative estimate of drug-likeness (QED) is 0.155. The number of esters is 1. The molecular weight excluding hydrogens is 590 g/mol. The van der Waals surface area contributed by atoms with Crippen LogP contribution in [0, 0.1) is 0 Å². The van der Waals surface area contributed by atoms with E-state index in [2.05, 4.69) is 21.0 Å². The number of fused-ring (bicyclic) bond motifs is 2. The summed E-state index contributed by atoms with van der Waals surface area (Å²) >= 11 is 9.69. The van der Waals surface area contributed by atoms with Gasteiger partial charge in [0.1, 0.15) is 17.1 Å². The molecule has 0 aliphatic heterocycles. The van der Waals surface area contributed by atoms with Crippen molar-refractivity contribution in [2.24, 2.45) is 5.10 Å². The van der Waals surface area contributed by atoms with Gasteiger partial charge in [-0.2, -0.15) is 9.78 Å². The number of halogens is 2. The first-order chi connectivity index (χ1) is 18.9. The molecule has 5 rings (SSSR count). The van der Waals surface area contributed by atoms with E-state index in [1.54, 1.807) is 62.6 Å². The van der Waals surface area contributed by atoms with Crippen molar-refractivity contribution < 1.29 is 23.4 Å². The topological polar surface area (TPSA) is 105 Å². The third-order valence-corrected chi connectivity index (χ3v) is 6.51. The molecule has 3 aromatic carbocycles. The number of para-hydroxylation sites is 1. The highest BCUT2D eigenvalue weighted by molar-refractivity contribution is 9.10. The first-order valence-corrected chi connectivity index (χ1v) is 13.0. The summed E-state index contributed by atoms with van der Waals surface area (Å²) in [5, 5.41) is 5.96. The van der Waals surface area contributed by atoms with Crippen LogP contribution in [-0.2, 0) is 9.53 Å². The Hall–Kier alpha value is -4.15. The van der Waals surface area contributed by atoms with Gasteiger partial charge in [-0.05, 0) is 65.3 Å². The average molecular weight is 611 g/mol. The number of methoxy groups -OCH3 is 1. The fourth-order valence-electron chi connectivity index (χ4n) is 3.99. The van der Waals surface area contributed by atoms with Crippen molar-refractivity contribution in [1.82, 2.24) is 9.66 Å². The molecule has 198 valence electrons. The van der Waals surface area contributed by atoms with Gasteiger partial charge >= 0.3 is 5.97 Å². The lowest BCUT2D eigenvalue weighted by Crippen LogP contribution is -2.20. The third-order valence-electron chi connectivity index (χ3n) is 5.70. The lowest BCUT2D eigenvalue weighted by molar-refractivity contribution is -0.145. The number of carbonyl (C=O) groups excluding carboxylic acids is 1. The number of hydrogen-bond donors (Lipinski definition) is 0. The lowest BCUT2D eigenvalue weighted by atomic mass is 10.2. The Morgan fingerprint density at radius 2 is 1.97 bits per heavy atom. The summed E-state index contributed by atoms with van der Waals surface area (Å²) < 4.78 is 23.8. The van der Waals surface area contributed by atoms with Crippen LogP contribution in [0.4, 0.5) is 0 Å².